The van der Waals surface area contributed by atoms with E-state index in [0.717, 1.165) is 12.5 Å². The number of oxime groups is 1. The lowest BCUT2D eigenvalue weighted by Crippen LogP contribution is -2.35. The third kappa shape index (κ3) is 2.94. The van der Waals surface area contributed by atoms with Crippen molar-refractivity contribution in [3.8, 4) is 0 Å². The van der Waals surface area contributed by atoms with E-state index in [2.05, 4.69) is 5.16 Å². The number of rotatable bonds is 3. The van der Waals surface area contributed by atoms with Crippen LogP contribution >= 0.6 is 0 Å². The molecule has 1 rings (SSSR count). The lowest BCUT2D eigenvalue weighted by atomic mass is 10.2. The van der Waals surface area contributed by atoms with Crippen molar-refractivity contribution in [1.82, 2.24) is 0 Å². The maximum atomic E-state index is 11.4. The van der Waals surface area contributed by atoms with Crippen molar-refractivity contribution in [3.63, 3.8) is 0 Å². The summed E-state index contributed by atoms with van der Waals surface area (Å²) in [7, 11) is -3.97. The number of hydrogen-bond acceptors (Lipinski definition) is 5. The second-order valence-corrected chi connectivity index (χ2v) is 4.94. The Hall–Kier alpha value is -2.09. The Labute approximate surface area is 97.6 Å². The maximum absolute atomic E-state index is 11.4. The molecule has 0 saturated carbocycles. The number of nitrogens with zero attached hydrogens (tertiary/aromatic N) is 2. The molecule has 1 amide bonds. The summed E-state index contributed by atoms with van der Waals surface area (Å²) in [6.07, 6.45) is 0.0936. The van der Waals surface area contributed by atoms with Crippen LogP contribution in [0.15, 0.2) is 29.4 Å². The zero-order chi connectivity index (χ0) is 13.1. The fourth-order valence-electron chi connectivity index (χ4n) is 1.27. The number of anilines is 1. The van der Waals surface area contributed by atoms with E-state index in [9.17, 15) is 13.2 Å². The predicted molar refractivity (Wildman–Crippen MR) is 61.2 cm³/mol. The standard InChI is InChI=1S/C9H10N2O5S/c1-17(15,16)11(9(12)13)8-5-3-2-4-7(8)6-10-14/h2-6,14H,1H3,(H,12,13). The molecule has 0 aliphatic heterocycles. The number of hydrogen-bond donors (Lipinski definition) is 2. The molecule has 1 aromatic rings. The zero-order valence-electron chi connectivity index (χ0n) is 8.81. The summed E-state index contributed by atoms with van der Waals surface area (Å²) in [4.78, 5) is 10.9. The van der Waals surface area contributed by atoms with Crippen LogP contribution in [0.25, 0.3) is 0 Å². The summed E-state index contributed by atoms with van der Waals surface area (Å²) < 4.78 is 22.9. The van der Waals surface area contributed by atoms with Gasteiger partial charge < -0.3 is 10.3 Å². The number of carbonyl (C=O) groups is 1. The Bertz CT molecular complexity index is 552. The second kappa shape index (κ2) is 4.83. The Kier molecular flexibility index (Phi) is 3.69. The average Bonchev–Trinajstić information content (AvgIpc) is 2.18. The molecule has 7 nitrogen and oxygen atoms in total. The van der Waals surface area contributed by atoms with Gasteiger partial charge in [0.05, 0.1) is 18.2 Å². The van der Waals surface area contributed by atoms with Crippen molar-refractivity contribution in [2.24, 2.45) is 5.16 Å². The normalized spacial score (nSPS) is 11.6. The molecule has 0 aliphatic rings. The van der Waals surface area contributed by atoms with Gasteiger partial charge in [-0.1, -0.05) is 23.4 Å². The quantitative estimate of drug-likeness (QED) is 0.476. The van der Waals surface area contributed by atoms with E-state index < -0.39 is 16.1 Å². The first kappa shape index (κ1) is 13.0. The molecule has 0 spiro atoms. The third-order valence-electron chi connectivity index (χ3n) is 1.86. The van der Waals surface area contributed by atoms with Crippen LogP contribution in [0, 0.1) is 0 Å². The second-order valence-electron chi connectivity index (χ2n) is 3.11. The molecule has 0 atom stereocenters. The maximum Gasteiger partial charge on any atom is 0.425 e. The molecule has 92 valence electrons. The number of para-hydroxylation sites is 1. The third-order valence-corrected chi connectivity index (χ3v) is 2.87. The molecule has 0 aliphatic carbocycles. The average molecular weight is 258 g/mol. The van der Waals surface area contributed by atoms with Crippen LogP contribution in [0.3, 0.4) is 0 Å². The smallest absolute Gasteiger partial charge is 0.425 e. The summed E-state index contributed by atoms with van der Waals surface area (Å²) in [5.74, 6) is 0. The van der Waals surface area contributed by atoms with E-state index in [4.69, 9.17) is 10.3 Å². The van der Waals surface area contributed by atoms with E-state index in [0.29, 0.717) is 0 Å². The lowest BCUT2D eigenvalue weighted by Gasteiger charge is -2.18. The van der Waals surface area contributed by atoms with Gasteiger partial charge in [0.15, 0.2) is 0 Å². The summed E-state index contributed by atoms with van der Waals surface area (Å²) in [6.45, 7) is 0. The number of amides is 1. The summed E-state index contributed by atoms with van der Waals surface area (Å²) in [5, 5.41) is 20.1. The van der Waals surface area contributed by atoms with Crippen LogP contribution in [-0.2, 0) is 10.0 Å². The zero-order valence-corrected chi connectivity index (χ0v) is 9.63. The predicted octanol–water partition coefficient (Wildman–Crippen LogP) is 0.939. The summed E-state index contributed by atoms with van der Waals surface area (Å²) in [5.41, 5.74) is 0.0723. The first-order valence-corrected chi connectivity index (χ1v) is 6.22. The van der Waals surface area contributed by atoms with Crippen LogP contribution in [0.4, 0.5) is 10.5 Å². The van der Waals surface area contributed by atoms with Gasteiger partial charge >= 0.3 is 6.09 Å². The minimum absolute atomic E-state index is 0.0969. The van der Waals surface area contributed by atoms with Gasteiger partial charge in [-0.15, -0.1) is 0 Å². The van der Waals surface area contributed by atoms with Gasteiger partial charge in [0.2, 0.25) is 10.0 Å². The number of benzene rings is 1. The first-order valence-electron chi connectivity index (χ1n) is 4.37. The van der Waals surface area contributed by atoms with Crippen molar-refractivity contribution in [1.29, 1.82) is 0 Å². The first-order chi connectivity index (χ1) is 7.88. The molecule has 0 aromatic heterocycles. The van der Waals surface area contributed by atoms with E-state index in [1.807, 2.05) is 0 Å². The number of carboxylic acid groups (broad SMARTS) is 1. The molecule has 0 bridgehead atoms. The Morgan fingerprint density at radius 2 is 2.00 bits per heavy atom. The molecular formula is C9H10N2O5S. The molecular weight excluding hydrogens is 248 g/mol. The van der Waals surface area contributed by atoms with Gasteiger partial charge in [0.1, 0.15) is 0 Å². The van der Waals surface area contributed by atoms with E-state index >= 15 is 0 Å². The van der Waals surface area contributed by atoms with Gasteiger partial charge in [-0.05, 0) is 6.07 Å². The molecule has 0 radical (unpaired) electrons. The van der Waals surface area contributed by atoms with Gasteiger partial charge in [-0.25, -0.2) is 13.2 Å². The van der Waals surface area contributed by atoms with Gasteiger partial charge in [0.25, 0.3) is 0 Å². The summed E-state index contributed by atoms with van der Waals surface area (Å²) >= 11 is 0. The Morgan fingerprint density at radius 3 is 2.47 bits per heavy atom. The molecule has 2 N–H and O–H groups in total. The minimum atomic E-state index is -3.97. The van der Waals surface area contributed by atoms with Crippen LogP contribution in [0.5, 0.6) is 0 Å². The van der Waals surface area contributed by atoms with Crippen LogP contribution < -0.4 is 4.31 Å². The van der Waals surface area contributed by atoms with Crippen molar-refractivity contribution in [2.75, 3.05) is 10.6 Å². The largest absolute Gasteiger partial charge is 0.464 e. The van der Waals surface area contributed by atoms with Crippen molar-refractivity contribution < 1.29 is 23.5 Å². The highest BCUT2D eigenvalue weighted by Crippen LogP contribution is 2.21. The minimum Gasteiger partial charge on any atom is -0.464 e. The highest BCUT2D eigenvalue weighted by molar-refractivity contribution is 7.92. The van der Waals surface area contributed by atoms with Crippen LogP contribution in [0.2, 0.25) is 0 Å². The van der Waals surface area contributed by atoms with E-state index in [-0.39, 0.29) is 15.6 Å². The highest BCUT2D eigenvalue weighted by atomic mass is 32.2. The molecule has 0 saturated heterocycles. The van der Waals surface area contributed by atoms with Crippen molar-refractivity contribution in [3.05, 3.63) is 29.8 Å². The molecule has 1 aromatic carbocycles. The lowest BCUT2D eigenvalue weighted by molar-refractivity contribution is 0.206. The van der Waals surface area contributed by atoms with Gasteiger partial charge in [-0.2, -0.15) is 4.31 Å². The van der Waals surface area contributed by atoms with Crippen LogP contribution in [-0.4, -0.2) is 37.3 Å². The Morgan fingerprint density at radius 1 is 1.41 bits per heavy atom. The number of sulfonamides is 1. The highest BCUT2D eigenvalue weighted by Gasteiger charge is 2.26. The SMILES string of the molecule is CS(=O)(=O)N(C(=O)O)c1ccccc1C=NO. The molecule has 0 heterocycles. The fraction of sp³-hybridized carbons (Fsp3) is 0.111. The van der Waals surface area contributed by atoms with E-state index in [1.165, 1.54) is 18.2 Å². The fourth-order valence-corrected chi connectivity index (χ4v) is 2.07. The van der Waals surface area contributed by atoms with Crippen LogP contribution in [0.1, 0.15) is 5.56 Å². The van der Waals surface area contributed by atoms with Crippen molar-refractivity contribution >= 4 is 28.0 Å². The van der Waals surface area contributed by atoms with Crippen molar-refractivity contribution in [2.45, 2.75) is 0 Å². The monoisotopic (exact) mass is 258 g/mol. The summed E-state index contributed by atoms with van der Waals surface area (Å²) in [6, 6.07) is 5.76. The van der Waals surface area contributed by atoms with Gasteiger partial charge in [0, 0.05) is 5.56 Å². The molecule has 8 heteroatoms. The molecule has 17 heavy (non-hydrogen) atoms. The molecule has 0 fully saturated rings. The van der Waals surface area contributed by atoms with Gasteiger partial charge in [-0.3, -0.25) is 0 Å². The molecule has 0 unspecified atom stereocenters. The Balaban J connectivity index is 3.44. The topological polar surface area (TPSA) is 107 Å². The van der Waals surface area contributed by atoms with E-state index in [1.54, 1.807) is 6.07 Å².